The minimum atomic E-state index is 0.693. The maximum absolute atomic E-state index is 4.32. The van der Waals surface area contributed by atoms with Crippen molar-refractivity contribution in [2.75, 3.05) is 18.0 Å². The molecule has 124 valence electrons. The fourth-order valence-corrected chi connectivity index (χ4v) is 3.57. The molecule has 1 aliphatic rings. The van der Waals surface area contributed by atoms with Crippen LogP contribution in [0.4, 0.5) is 5.69 Å². The highest BCUT2D eigenvalue weighted by Crippen LogP contribution is 2.31. The van der Waals surface area contributed by atoms with Crippen molar-refractivity contribution in [3.63, 3.8) is 0 Å². The van der Waals surface area contributed by atoms with Crippen molar-refractivity contribution < 1.29 is 0 Å². The van der Waals surface area contributed by atoms with E-state index in [1.165, 1.54) is 39.9 Å². The number of allylic oxidation sites excluding steroid dienone is 1. The van der Waals surface area contributed by atoms with Gasteiger partial charge in [0.2, 0.25) is 0 Å². The normalized spacial score (nSPS) is 17.1. The van der Waals surface area contributed by atoms with Gasteiger partial charge in [-0.3, -0.25) is 0 Å². The van der Waals surface area contributed by atoms with Gasteiger partial charge in [0.25, 0.3) is 0 Å². The lowest BCUT2D eigenvalue weighted by Gasteiger charge is -2.20. The lowest BCUT2D eigenvalue weighted by atomic mass is 9.94. The zero-order chi connectivity index (χ0) is 17.1. The van der Waals surface area contributed by atoms with Gasteiger partial charge in [0.15, 0.2) is 0 Å². The summed E-state index contributed by atoms with van der Waals surface area (Å²) < 4.78 is 0. The molecule has 3 rings (SSSR count). The van der Waals surface area contributed by atoms with E-state index in [1.54, 1.807) is 0 Å². The maximum atomic E-state index is 4.32. The lowest BCUT2D eigenvalue weighted by Crippen LogP contribution is -2.19. The third-order valence-electron chi connectivity index (χ3n) is 5.12. The number of benzene rings is 2. The molecule has 1 heteroatoms. The van der Waals surface area contributed by atoms with Crippen LogP contribution in [0, 0.1) is 19.8 Å². The number of rotatable bonds is 5. The number of anilines is 1. The van der Waals surface area contributed by atoms with E-state index in [9.17, 15) is 0 Å². The van der Waals surface area contributed by atoms with E-state index in [0.29, 0.717) is 5.92 Å². The first-order valence-corrected chi connectivity index (χ1v) is 8.79. The molecule has 2 aromatic rings. The van der Waals surface area contributed by atoms with Crippen molar-refractivity contribution in [1.29, 1.82) is 0 Å². The van der Waals surface area contributed by atoms with Crippen molar-refractivity contribution in [1.82, 2.24) is 0 Å². The molecule has 1 heterocycles. The standard InChI is InChI=1S/C23H27N/c1-5-21-10-11-23(15-19(21)4)24-13-12-20(16-24)14-18(3)22-8-6-17(2)7-9-22/h5-11,15,20H,1,3,12-14,16H2,2,4H3. The zero-order valence-corrected chi connectivity index (χ0v) is 14.9. The third kappa shape index (κ3) is 3.62. The van der Waals surface area contributed by atoms with Crippen molar-refractivity contribution >= 4 is 17.3 Å². The Labute approximate surface area is 146 Å². The minimum Gasteiger partial charge on any atom is -0.371 e. The van der Waals surface area contributed by atoms with Gasteiger partial charge in [-0.1, -0.05) is 55.1 Å². The molecule has 2 aromatic carbocycles. The monoisotopic (exact) mass is 317 g/mol. The Hall–Kier alpha value is -2.28. The largest absolute Gasteiger partial charge is 0.371 e. The molecule has 1 nitrogen and oxygen atoms in total. The van der Waals surface area contributed by atoms with Crippen LogP contribution in [0.5, 0.6) is 0 Å². The molecule has 0 aromatic heterocycles. The van der Waals surface area contributed by atoms with Crippen LogP contribution in [0.15, 0.2) is 55.6 Å². The molecule has 1 fully saturated rings. The molecule has 0 aliphatic carbocycles. The average Bonchev–Trinajstić information content (AvgIpc) is 3.04. The van der Waals surface area contributed by atoms with Gasteiger partial charge in [0.1, 0.15) is 0 Å². The van der Waals surface area contributed by atoms with E-state index < -0.39 is 0 Å². The molecule has 0 N–H and O–H groups in total. The van der Waals surface area contributed by atoms with E-state index in [2.05, 4.69) is 74.4 Å². The summed E-state index contributed by atoms with van der Waals surface area (Å²) in [5.74, 6) is 0.693. The molecule has 1 aliphatic heterocycles. The summed E-state index contributed by atoms with van der Waals surface area (Å²) in [4.78, 5) is 2.51. The number of nitrogens with zero attached hydrogens (tertiary/aromatic N) is 1. The Morgan fingerprint density at radius 3 is 2.58 bits per heavy atom. The summed E-state index contributed by atoms with van der Waals surface area (Å²) in [6.45, 7) is 14.7. The van der Waals surface area contributed by atoms with Crippen LogP contribution < -0.4 is 4.90 Å². The second kappa shape index (κ2) is 7.09. The second-order valence-electron chi connectivity index (χ2n) is 7.02. The first-order chi connectivity index (χ1) is 11.6. The molecule has 0 saturated carbocycles. The average molecular weight is 317 g/mol. The first-order valence-electron chi connectivity index (χ1n) is 8.79. The highest BCUT2D eigenvalue weighted by molar-refractivity contribution is 5.64. The minimum absolute atomic E-state index is 0.693. The molecule has 1 atom stereocenters. The number of aryl methyl sites for hydroxylation is 2. The fourth-order valence-electron chi connectivity index (χ4n) is 3.57. The van der Waals surface area contributed by atoms with E-state index in [4.69, 9.17) is 0 Å². The summed E-state index contributed by atoms with van der Waals surface area (Å²) in [7, 11) is 0. The summed E-state index contributed by atoms with van der Waals surface area (Å²) >= 11 is 0. The van der Waals surface area contributed by atoms with Crippen molar-refractivity contribution in [3.8, 4) is 0 Å². The highest BCUT2D eigenvalue weighted by atomic mass is 15.1. The van der Waals surface area contributed by atoms with Gasteiger partial charge >= 0.3 is 0 Å². The smallest absolute Gasteiger partial charge is 0.0369 e. The van der Waals surface area contributed by atoms with Crippen molar-refractivity contribution in [2.45, 2.75) is 26.7 Å². The topological polar surface area (TPSA) is 3.24 Å². The fraction of sp³-hybridized carbons (Fsp3) is 0.304. The second-order valence-corrected chi connectivity index (χ2v) is 7.02. The van der Waals surface area contributed by atoms with E-state index >= 15 is 0 Å². The molecular weight excluding hydrogens is 290 g/mol. The summed E-state index contributed by atoms with van der Waals surface area (Å²) in [6.07, 6.45) is 4.26. The van der Waals surface area contributed by atoms with Crippen LogP contribution in [-0.2, 0) is 0 Å². The van der Waals surface area contributed by atoms with Crippen LogP contribution in [0.2, 0.25) is 0 Å². The first kappa shape index (κ1) is 16.6. The summed E-state index contributed by atoms with van der Waals surface area (Å²) in [6, 6.07) is 15.4. The van der Waals surface area contributed by atoms with Gasteiger partial charge in [-0.25, -0.2) is 0 Å². The number of hydrogen-bond donors (Lipinski definition) is 0. The SMILES string of the molecule is C=Cc1ccc(N2CCC(CC(=C)c3ccc(C)cc3)C2)cc1C. The molecular formula is C23H27N. The Morgan fingerprint density at radius 2 is 1.92 bits per heavy atom. The van der Waals surface area contributed by atoms with E-state index in [-0.39, 0.29) is 0 Å². The molecule has 0 amide bonds. The Bertz CT molecular complexity index is 739. The summed E-state index contributed by atoms with van der Waals surface area (Å²) in [5.41, 5.74) is 7.71. The van der Waals surface area contributed by atoms with Gasteiger partial charge < -0.3 is 4.90 Å². The predicted octanol–water partition coefficient (Wildman–Crippen LogP) is 5.88. The third-order valence-corrected chi connectivity index (χ3v) is 5.12. The molecule has 1 saturated heterocycles. The Kier molecular flexibility index (Phi) is 4.89. The maximum Gasteiger partial charge on any atom is 0.0369 e. The van der Waals surface area contributed by atoms with Crippen LogP contribution in [0.25, 0.3) is 11.6 Å². The quantitative estimate of drug-likeness (QED) is 0.666. The van der Waals surface area contributed by atoms with Crippen LogP contribution in [0.1, 0.15) is 35.1 Å². The molecule has 0 spiro atoms. The highest BCUT2D eigenvalue weighted by Gasteiger charge is 2.23. The van der Waals surface area contributed by atoms with Gasteiger partial charge in [-0.2, -0.15) is 0 Å². The van der Waals surface area contributed by atoms with Gasteiger partial charge in [0.05, 0.1) is 0 Å². The number of hydrogen-bond acceptors (Lipinski definition) is 1. The predicted molar refractivity (Wildman–Crippen MR) is 106 cm³/mol. The summed E-state index contributed by atoms with van der Waals surface area (Å²) in [5, 5.41) is 0. The van der Waals surface area contributed by atoms with Gasteiger partial charge in [-0.05, 0) is 67.0 Å². The van der Waals surface area contributed by atoms with Crippen LogP contribution in [-0.4, -0.2) is 13.1 Å². The zero-order valence-electron chi connectivity index (χ0n) is 14.9. The van der Waals surface area contributed by atoms with Crippen LogP contribution in [0.3, 0.4) is 0 Å². The van der Waals surface area contributed by atoms with Crippen molar-refractivity contribution in [2.24, 2.45) is 5.92 Å². The van der Waals surface area contributed by atoms with E-state index in [1.807, 2.05) is 6.08 Å². The molecule has 0 bridgehead atoms. The van der Waals surface area contributed by atoms with Gasteiger partial charge in [0, 0.05) is 18.8 Å². The molecule has 0 radical (unpaired) electrons. The molecule has 24 heavy (non-hydrogen) atoms. The van der Waals surface area contributed by atoms with Crippen LogP contribution >= 0.6 is 0 Å². The van der Waals surface area contributed by atoms with Crippen molar-refractivity contribution in [3.05, 3.63) is 77.9 Å². The Balaban J connectivity index is 1.63. The Morgan fingerprint density at radius 1 is 1.17 bits per heavy atom. The molecule has 1 unspecified atom stereocenters. The van der Waals surface area contributed by atoms with E-state index in [0.717, 1.165) is 19.5 Å². The lowest BCUT2D eigenvalue weighted by molar-refractivity contribution is 0.608. The van der Waals surface area contributed by atoms with Gasteiger partial charge in [-0.15, -0.1) is 0 Å².